The van der Waals surface area contributed by atoms with Crippen LogP contribution in [0.1, 0.15) is 32.1 Å². The minimum atomic E-state index is 0.235. The van der Waals surface area contributed by atoms with Crippen molar-refractivity contribution in [2.75, 3.05) is 36.5 Å². The van der Waals surface area contributed by atoms with Crippen LogP contribution in [0.4, 0.5) is 11.8 Å². The summed E-state index contributed by atoms with van der Waals surface area (Å²) in [5.74, 6) is 1.29. The molecule has 0 aromatic carbocycles. The first kappa shape index (κ1) is 16.7. The Morgan fingerprint density at radius 3 is 2.87 bits per heavy atom. The average molecular weight is 356 g/mol. The first-order valence-electron chi connectivity index (χ1n) is 8.17. The molecule has 23 heavy (non-hydrogen) atoms. The molecule has 1 atom stereocenters. The highest BCUT2D eigenvalue weighted by molar-refractivity contribution is 7.80. The molecule has 2 saturated heterocycles. The molecule has 3 rings (SSSR count). The van der Waals surface area contributed by atoms with Crippen LogP contribution in [0.2, 0.25) is 5.15 Å². The van der Waals surface area contributed by atoms with E-state index in [1.807, 2.05) is 0 Å². The molecule has 2 aliphatic heterocycles. The Bertz CT molecular complexity index is 547. The van der Waals surface area contributed by atoms with Gasteiger partial charge >= 0.3 is 0 Å². The summed E-state index contributed by atoms with van der Waals surface area (Å²) < 4.78 is 5.56. The number of piperidine rings is 1. The van der Waals surface area contributed by atoms with E-state index in [0.29, 0.717) is 22.8 Å². The molecule has 0 saturated carbocycles. The van der Waals surface area contributed by atoms with Gasteiger partial charge in [0.15, 0.2) is 5.11 Å². The predicted molar refractivity (Wildman–Crippen MR) is 96.3 cm³/mol. The average Bonchev–Trinajstić information content (AvgIpc) is 3.07. The van der Waals surface area contributed by atoms with Crippen molar-refractivity contribution >= 4 is 40.7 Å². The molecule has 0 radical (unpaired) electrons. The van der Waals surface area contributed by atoms with Crippen LogP contribution in [-0.4, -0.2) is 47.4 Å². The quantitative estimate of drug-likeness (QED) is 0.635. The van der Waals surface area contributed by atoms with Gasteiger partial charge in [-0.3, -0.25) is 0 Å². The third-order valence-corrected chi connectivity index (χ3v) is 4.54. The Morgan fingerprint density at radius 2 is 2.13 bits per heavy atom. The lowest BCUT2D eigenvalue weighted by Crippen LogP contribution is -2.35. The predicted octanol–water partition coefficient (Wildman–Crippen LogP) is 2.59. The molecule has 2 N–H and O–H groups in total. The van der Waals surface area contributed by atoms with Gasteiger partial charge in [-0.25, -0.2) is 4.98 Å². The smallest absolute Gasteiger partial charge is 0.232 e. The third-order valence-electron chi connectivity index (χ3n) is 4.10. The summed E-state index contributed by atoms with van der Waals surface area (Å²) >= 11 is 11.4. The number of rotatable bonds is 4. The highest BCUT2D eigenvalue weighted by atomic mass is 35.5. The number of nitrogens with zero attached hydrogens (tertiary/aromatic N) is 3. The van der Waals surface area contributed by atoms with Crippen molar-refractivity contribution in [1.29, 1.82) is 0 Å². The maximum Gasteiger partial charge on any atom is 0.232 e. The van der Waals surface area contributed by atoms with E-state index in [0.717, 1.165) is 38.4 Å². The molecule has 126 valence electrons. The van der Waals surface area contributed by atoms with E-state index in [9.17, 15) is 0 Å². The third kappa shape index (κ3) is 4.89. The number of halogens is 1. The second-order valence-corrected chi connectivity index (χ2v) is 6.69. The molecule has 2 fully saturated rings. The lowest BCUT2D eigenvalue weighted by atomic mass is 10.1. The van der Waals surface area contributed by atoms with E-state index < -0.39 is 0 Å². The van der Waals surface area contributed by atoms with Gasteiger partial charge in [0.25, 0.3) is 0 Å². The molecule has 1 aromatic heterocycles. The van der Waals surface area contributed by atoms with Crippen molar-refractivity contribution in [1.82, 2.24) is 15.3 Å². The van der Waals surface area contributed by atoms with E-state index in [2.05, 4.69) is 25.5 Å². The molecule has 8 heteroatoms. The summed E-state index contributed by atoms with van der Waals surface area (Å²) in [7, 11) is 0. The van der Waals surface area contributed by atoms with Gasteiger partial charge in [0.2, 0.25) is 5.95 Å². The summed E-state index contributed by atoms with van der Waals surface area (Å²) in [5, 5.41) is 7.08. The Kier molecular flexibility index (Phi) is 5.85. The van der Waals surface area contributed by atoms with E-state index in [4.69, 9.17) is 28.6 Å². The van der Waals surface area contributed by atoms with Crippen LogP contribution < -0.4 is 15.5 Å². The topological polar surface area (TPSA) is 62.3 Å². The van der Waals surface area contributed by atoms with Gasteiger partial charge in [-0.1, -0.05) is 11.6 Å². The molecule has 2 aliphatic rings. The zero-order valence-corrected chi connectivity index (χ0v) is 14.6. The van der Waals surface area contributed by atoms with Crippen LogP contribution in [0.3, 0.4) is 0 Å². The Hall–Kier alpha value is -1.18. The lowest BCUT2D eigenvalue weighted by molar-refractivity contribution is 0.114. The van der Waals surface area contributed by atoms with E-state index in [1.165, 1.54) is 19.3 Å². The van der Waals surface area contributed by atoms with Crippen molar-refractivity contribution in [3.8, 4) is 0 Å². The second kappa shape index (κ2) is 8.08. The van der Waals surface area contributed by atoms with E-state index >= 15 is 0 Å². The first-order valence-corrected chi connectivity index (χ1v) is 8.95. The van der Waals surface area contributed by atoms with Crippen LogP contribution in [0.15, 0.2) is 6.07 Å². The number of thiocarbonyl (C=S) groups is 1. The molecule has 0 unspecified atom stereocenters. The maximum atomic E-state index is 6.13. The summed E-state index contributed by atoms with van der Waals surface area (Å²) in [5.41, 5.74) is 0. The lowest BCUT2D eigenvalue weighted by Gasteiger charge is -2.28. The van der Waals surface area contributed by atoms with E-state index in [1.54, 1.807) is 6.07 Å². The minimum absolute atomic E-state index is 0.235. The van der Waals surface area contributed by atoms with Gasteiger partial charge < -0.3 is 20.3 Å². The Labute approximate surface area is 147 Å². The molecule has 0 bridgehead atoms. The highest BCUT2D eigenvalue weighted by Crippen LogP contribution is 2.21. The van der Waals surface area contributed by atoms with Gasteiger partial charge in [-0.2, -0.15) is 4.98 Å². The molecule has 3 heterocycles. The molecule has 6 nitrogen and oxygen atoms in total. The van der Waals surface area contributed by atoms with Gasteiger partial charge in [-0.15, -0.1) is 0 Å². The number of ether oxygens (including phenoxy) is 1. The van der Waals surface area contributed by atoms with Crippen molar-refractivity contribution in [3.05, 3.63) is 11.2 Å². The molecule has 0 aliphatic carbocycles. The van der Waals surface area contributed by atoms with Gasteiger partial charge in [-0.05, 0) is 44.3 Å². The fraction of sp³-hybridized carbons (Fsp3) is 0.667. The SMILES string of the molecule is S=C(NC[C@H]1CCCO1)Nc1nc(Cl)cc(N2CCCCC2)n1. The summed E-state index contributed by atoms with van der Waals surface area (Å²) in [6, 6.07) is 1.81. The van der Waals surface area contributed by atoms with Gasteiger partial charge in [0, 0.05) is 32.3 Å². The number of hydrogen-bond donors (Lipinski definition) is 2. The summed E-state index contributed by atoms with van der Waals surface area (Å²) in [4.78, 5) is 11.0. The fourth-order valence-electron chi connectivity index (χ4n) is 2.90. The molecule has 0 amide bonds. The molecular weight excluding hydrogens is 334 g/mol. The Balaban J connectivity index is 1.57. The molecule has 1 aromatic rings. The molecule has 0 spiro atoms. The summed E-state index contributed by atoms with van der Waals surface area (Å²) in [6.45, 7) is 3.55. The van der Waals surface area contributed by atoms with Gasteiger partial charge in [0.1, 0.15) is 11.0 Å². The zero-order chi connectivity index (χ0) is 16.1. The maximum absolute atomic E-state index is 6.13. The second-order valence-electron chi connectivity index (χ2n) is 5.89. The van der Waals surface area contributed by atoms with Crippen molar-refractivity contribution < 1.29 is 4.74 Å². The highest BCUT2D eigenvalue weighted by Gasteiger charge is 2.17. The van der Waals surface area contributed by atoms with Crippen LogP contribution >= 0.6 is 23.8 Å². The number of nitrogens with one attached hydrogen (secondary N) is 2. The first-order chi connectivity index (χ1) is 11.2. The monoisotopic (exact) mass is 355 g/mol. The van der Waals surface area contributed by atoms with Crippen LogP contribution in [0.5, 0.6) is 0 Å². The van der Waals surface area contributed by atoms with Crippen molar-refractivity contribution in [3.63, 3.8) is 0 Å². The van der Waals surface area contributed by atoms with Gasteiger partial charge in [0.05, 0.1) is 6.10 Å². The van der Waals surface area contributed by atoms with Crippen LogP contribution in [0, 0.1) is 0 Å². The number of anilines is 2. The van der Waals surface area contributed by atoms with Crippen LogP contribution in [0.25, 0.3) is 0 Å². The molecular formula is C15H22ClN5OS. The summed E-state index contributed by atoms with van der Waals surface area (Å²) in [6.07, 6.45) is 6.07. The van der Waals surface area contributed by atoms with Crippen LogP contribution in [-0.2, 0) is 4.74 Å². The van der Waals surface area contributed by atoms with Crippen molar-refractivity contribution in [2.45, 2.75) is 38.2 Å². The van der Waals surface area contributed by atoms with E-state index in [-0.39, 0.29) is 6.10 Å². The minimum Gasteiger partial charge on any atom is -0.376 e. The largest absolute Gasteiger partial charge is 0.376 e. The number of hydrogen-bond acceptors (Lipinski definition) is 5. The zero-order valence-electron chi connectivity index (χ0n) is 13.1. The number of aromatic nitrogens is 2. The normalized spacial score (nSPS) is 21.3. The fourth-order valence-corrected chi connectivity index (χ4v) is 3.26. The standard InChI is InChI=1S/C15H22ClN5OS/c16-12-9-13(21-6-2-1-3-7-21)19-14(18-12)20-15(23)17-10-11-5-4-8-22-11/h9,11H,1-8,10H2,(H2,17,18,19,20,23)/t11-/m1/s1. The van der Waals surface area contributed by atoms with Crippen molar-refractivity contribution in [2.24, 2.45) is 0 Å². The Morgan fingerprint density at radius 1 is 1.30 bits per heavy atom.